The quantitative estimate of drug-likeness (QED) is 0.312. The van der Waals surface area contributed by atoms with Crippen molar-refractivity contribution in [2.24, 2.45) is 0 Å². The Morgan fingerprint density at radius 1 is 0.917 bits per heavy atom. The summed E-state index contributed by atoms with van der Waals surface area (Å²) >= 11 is 0.791. The smallest absolute Gasteiger partial charge is 0.294 e. The molecule has 1 N–H and O–H groups in total. The fourth-order valence-electron chi connectivity index (χ4n) is 3.40. The van der Waals surface area contributed by atoms with Crippen LogP contribution in [-0.2, 0) is 9.59 Å². The van der Waals surface area contributed by atoms with E-state index in [9.17, 15) is 14.4 Å². The topological polar surface area (TPSA) is 94.2 Å². The summed E-state index contributed by atoms with van der Waals surface area (Å²) in [4.78, 5) is 38.9. The maximum Gasteiger partial charge on any atom is 0.294 e. The zero-order valence-corrected chi connectivity index (χ0v) is 20.3. The van der Waals surface area contributed by atoms with Crippen molar-refractivity contribution in [1.82, 2.24) is 4.90 Å². The second-order valence-electron chi connectivity index (χ2n) is 7.60. The van der Waals surface area contributed by atoms with Gasteiger partial charge < -0.3 is 19.5 Å². The van der Waals surface area contributed by atoms with Gasteiger partial charge in [-0.3, -0.25) is 19.3 Å². The molecule has 8 nitrogen and oxygen atoms in total. The molecule has 0 bridgehead atoms. The molecule has 0 aromatic heterocycles. The lowest BCUT2D eigenvalue weighted by Crippen LogP contribution is -2.36. The van der Waals surface area contributed by atoms with Crippen LogP contribution in [0.3, 0.4) is 0 Å². The lowest BCUT2D eigenvalue weighted by atomic mass is 10.2. The number of nitrogens with zero attached hydrogens (tertiary/aromatic N) is 1. The van der Waals surface area contributed by atoms with E-state index >= 15 is 0 Å². The molecule has 9 heteroatoms. The van der Waals surface area contributed by atoms with Crippen molar-refractivity contribution in [3.63, 3.8) is 0 Å². The largest absolute Gasteiger partial charge is 0.495 e. The molecule has 0 radical (unpaired) electrons. The lowest BCUT2D eigenvalue weighted by molar-refractivity contribution is -0.127. The molecule has 1 heterocycles. The van der Waals surface area contributed by atoms with Gasteiger partial charge in [0, 0.05) is 0 Å². The highest BCUT2D eigenvalue weighted by Crippen LogP contribution is 2.33. The van der Waals surface area contributed by atoms with Crippen LogP contribution in [0.25, 0.3) is 6.08 Å². The van der Waals surface area contributed by atoms with Crippen molar-refractivity contribution in [2.75, 3.05) is 32.2 Å². The minimum atomic E-state index is -0.525. The molecule has 1 fully saturated rings. The number of rotatable bonds is 10. The second-order valence-corrected chi connectivity index (χ2v) is 8.59. The first-order valence-electron chi connectivity index (χ1n) is 11.1. The first kappa shape index (κ1) is 24.9. The van der Waals surface area contributed by atoms with Crippen LogP contribution in [0.4, 0.5) is 10.5 Å². The molecule has 0 saturated carbocycles. The highest BCUT2D eigenvalue weighted by atomic mass is 32.2. The predicted octanol–water partition coefficient (Wildman–Crippen LogP) is 4.83. The maximum absolute atomic E-state index is 12.8. The van der Waals surface area contributed by atoms with Gasteiger partial charge in [0.05, 0.1) is 17.7 Å². The first-order chi connectivity index (χ1) is 17.5. The van der Waals surface area contributed by atoms with Crippen molar-refractivity contribution in [1.29, 1.82) is 0 Å². The molecule has 3 amide bonds. The van der Waals surface area contributed by atoms with Crippen molar-refractivity contribution in [3.05, 3.63) is 89.3 Å². The zero-order chi connectivity index (χ0) is 25.3. The van der Waals surface area contributed by atoms with Crippen molar-refractivity contribution < 1.29 is 28.6 Å². The molecule has 4 rings (SSSR count). The van der Waals surface area contributed by atoms with Gasteiger partial charge in [-0.2, -0.15) is 0 Å². The third-order valence-corrected chi connectivity index (χ3v) is 5.98. The minimum Gasteiger partial charge on any atom is -0.495 e. The number of imide groups is 1. The summed E-state index contributed by atoms with van der Waals surface area (Å²) in [6.45, 7) is 0.324. The number of para-hydroxylation sites is 3. The molecule has 0 unspecified atom stereocenters. The van der Waals surface area contributed by atoms with Crippen LogP contribution in [0.15, 0.2) is 83.8 Å². The van der Waals surface area contributed by atoms with E-state index in [1.807, 2.05) is 30.3 Å². The molecule has 0 aliphatic carbocycles. The van der Waals surface area contributed by atoms with Crippen LogP contribution in [0, 0.1) is 0 Å². The van der Waals surface area contributed by atoms with Gasteiger partial charge >= 0.3 is 0 Å². The summed E-state index contributed by atoms with van der Waals surface area (Å²) in [6, 6.07) is 23.5. The number of carbonyl (C=O) groups excluding carboxylic acids is 3. The fourth-order valence-corrected chi connectivity index (χ4v) is 4.24. The summed E-state index contributed by atoms with van der Waals surface area (Å²) in [7, 11) is 1.49. The Morgan fingerprint density at radius 3 is 2.39 bits per heavy atom. The van der Waals surface area contributed by atoms with Gasteiger partial charge in [0.2, 0.25) is 5.91 Å². The maximum atomic E-state index is 12.8. The number of ether oxygens (including phenoxy) is 3. The molecule has 1 aliphatic heterocycles. The molecular formula is C27H24N2O6S. The Labute approximate surface area is 212 Å². The van der Waals surface area contributed by atoms with E-state index in [2.05, 4.69) is 5.32 Å². The van der Waals surface area contributed by atoms with Crippen LogP contribution < -0.4 is 19.5 Å². The number of thioether (sulfide) groups is 1. The number of amides is 3. The van der Waals surface area contributed by atoms with Crippen LogP contribution in [0.2, 0.25) is 0 Å². The Hall–Kier alpha value is -4.24. The van der Waals surface area contributed by atoms with E-state index < -0.39 is 23.6 Å². The average molecular weight is 505 g/mol. The van der Waals surface area contributed by atoms with E-state index in [1.54, 1.807) is 54.6 Å². The number of nitrogens with one attached hydrogen (secondary N) is 1. The van der Waals surface area contributed by atoms with Gasteiger partial charge in [0.15, 0.2) is 0 Å². The van der Waals surface area contributed by atoms with Crippen LogP contribution in [0.5, 0.6) is 17.2 Å². The minimum absolute atomic E-state index is 0.231. The standard InChI is InChI=1S/C27H24N2O6S/c1-33-23-13-6-5-12-22(23)28-25(30)18-29-26(31)24(36-27(29)32)17-19-8-7-11-21(16-19)35-15-14-34-20-9-3-2-4-10-20/h2-13,16-17H,14-15,18H2,1H3,(H,28,30)/b24-17+. The molecule has 184 valence electrons. The summed E-state index contributed by atoms with van der Waals surface area (Å²) < 4.78 is 16.6. The Bertz CT molecular complexity index is 1280. The van der Waals surface area contributed by atoms with Crippen LogP contribution in [-0.4, -0.2) is 48.8 Å². The van der Waals surface area contributed by atoms with E-state index in [1.165, 1.54) is 7.11 Å². The average Bonchev–Trinajstić information content (AvgIpc) is 3.15. The van der Waals surface area contributed by atoms with Gasteiger partial charge in [-0.15, -0.1) is 0 Å². The normalized spacial score (nSPS) is 14.1. The van der Waals surface area contributed by atoms with E-state index in [0.717, 1.165) is 22.4 Å². The number of carbonyl (C=O) groups is 3. The third-order valence-electron chi connectivity index (χ3n) is 5.08. The number of hydrogen-bond acceptors (Lipinski definition) is 7. The van der Waals surface area contributed by atoms with Gasteiger partial charge in [0.1, 0.15) is 37.0 Å². The third kappa shape index (κ3) is 6.45. The zero-order valence-electron chi connectivity index (χ0n) is 19.5. The van der Waals surface area contributed by atoms with E-state index in [0.29, 0.717) is 36.0 Å². The Kier molecular flexibility index (Phi) is 8.25. The highest BCUT2D eigenvalue weighted by molar-refractivity contribution is 8.18. The first-order valence-corrected chi connectivity index (χ1v) is 11.9. The lowest BCUT2D eigenvalue weighted by Gasteiger charge is -2.14. The van der Waals surface area contributed by atoms with Crippen LogP contribution in [0.1, 0.15) is 5.56 Å². The second kappa shape index (κ2) is 11.9. The molecule has 1 saturated heterocycles. The fraction of sp³-hybridized carbons (Fsp3) is 0.148. The van der Waals surface area contributed by atoms with Crippen molar-refractivity contribution in [2.45, 2.75) is 0 Å². The summed E-state index contributed by atoms with van der Waals surface area (Å²) in [5, 5.41) is 2.16. The summed E-state index contributed by atoms with van der Waals surface area (Å²) in [5.74, 6) is 0.825. The van der Waals surface area contributed by atoms with E-state index in [-0.39, 0.29) is 4.91 Å². The molecule has 0 atom stereocenters. The Balaban J connectivity index is 1.34. The molecule has 1 aliphatic rings. The SMILES string of the molecule is COc1ccccc1NC(=O)CN1C(=O)S/C(=C/c2cccc(OCCOc3ccccc3)c2)C1=O. The predicted molar refractivity (Wildman–Crippen MR) is 138 cm³/mol. The molecular weight excluding hydrogens is 480 g/mol. The van der Waals surface area contributed by atoms with Gasteiger partial charge in [-0.05, 0) is 59.8 Å². The van der Waals surface area contributed by atoms with Gasteiger partial charge in [0.25, 0.3) is 11.1 Å². The summed E-state index contributed by atoms with van der Waals surface area (Å²) in [6.07, 6.45) is 1.61. The van der Waals surface area contributed by atoms with Gasteiger partial charge in [-0.1, -0.05) is 42.5 Å². The molecule has 3 aromatic rings. The number of anilines is 1. The number of benzene rings is 3. The highest BCUT2D eigenvalue weighted by Gasteiger charge is 2.36. The summed E-state index contributed by atoms with van der Waals surface area (Å²) in [5.41, 5.74) is 1.15. The van der Waals surface area contributed by atoms with E-state index in [4.69, 9.17) is 14.2 Å². The monoisotopic (exact) mass is 504 g/mol. The van der Waals surface area contributed by atoms with Crippen molar-refractivity contribution in [3.8, 4) is 17.2 Å². The Morgan fingerprint density at radius 2 is 1.61 bits per heavy atom. The molecule has 3 aromatic carbocycles. The van der Waals surface area contributed by atoms with Crippen LogP contribution >= 0.6 is 11.8 Å². The molecule has 36 heavy (non-hydrogen) atoms. The van der Waals surface area contributed by atoms with Gasteiger partial charge in [-0.25, -0.2) is 0 Å². The number of methoxy groups -OCH3 is 1. The van der Waals surface area contributed by atoms with Crippen molar-refractivity contribution >= 4 is 40.6 Å². The molecule has 0 spiro atoms. The number of hydrogen-bond donors (Lipinski definition) is 1.